The van der Waals surface area contributed by atoms with Gasteiger partial charge in [0, 0.05) is 0 Å². The fourth-order valence-electron chi connectivity index (χ4n) is 2.73. The second kappa shape index (κ2) is 11.2. The molecule has 0 heterocycles. The van der Waals surface area contributed by atoms with Crippen molar-refractivity contribution < 1.29 is 26.2 Å². The summed E-state index contributed by atoms with van der Waals surface area (Å²) in [5, 5.41) is 6.12. The molecule has 0 spiro atoms. The Bertz CT molecular complexity index is 1430. The molecule has 3 rings (SSSR count). The molecule has 15 heteroatoms. The molecule has 0 saturated heterocycles. The summed E-state index contributed by atoms with van der Waals surface area (Å²) in [5.74, 6) is -0.965. The van der Waals surface area contributed by atoms with E-state index in [0.29, 0.717) is 0 Å². The monoisotopic (exact) mass is 571 g/mol. The molecule has 0 aliphatic rings. The molecule has 3 aromatic rings. The highest BCUT2D eigenvalue weighted by atomic mass is 35.5. The van der Waals surface area contributed by atoms with E-state index in [4.69, 9.17) is 11.6 Å². The first-order chi connectivity index (χ1) is 16.8. The van der Waals surface area contributed by atoms with Crippen LogP contribution in [0.15, 0.2) is 82.6 Å². The lowest BCUT2D eigenvalue weighted by Gasteiger charge is -2.22. The molecule has 192 valence electrons. The van der Waals surface area contributed by atoms with Crippen LogP contribution in [0.1, 0.15) is 21.5 Å². The minimum atomic E-state index is -4.55. The van der Waals surface area contributed by atoms with Crippen LogP contribution in [0, 0.1) is 13.8 Å². The first-order valence-electron chi connectivity index (χ1n) is 10.2. The molecular weight excluding hydrogens is 549 g/mol. The topological polar surface area (TPSA) is 163 Å². The Kier molecular flexibility index (Phi) is 8.70. The molecule has 0 fully saturated rings. The van der Waals surface area contributed by atoms with Crippen LogP contribution in [0.5, 0.6) is 0 Å². The summed E-state index contributed by atoms with van der Waals surface area (Å²) in [6, 6.07) is 17.3. The number of hydrogen-bond acceptors (Lipinski definition) is 6. The summed E-state index contributed by atoms with van der Waals surface area (Å²) >= 11 is 6.02. The second-order valence-electron chi connectivity index (χ2n) is 7.59. The Balaban J connectivity index is 1.86. The summed E-state index contributed by atoms with van der Waals surface area (Å²) in [5.41, 5.74) is 1.55. The molecule has 0 radical (unpaired) electrons. The number of aryl methyl sites for hydroxylation is 2. The van der Waals surface area contributed by atoms with Crippen LogP contribution >= 0.6 is 19.2 Å². The number of carbonyl (C=O) groups excluding carboxylic acids is 1. The van der Waals surface area contributed by atoms with E-state index in [0.717, 1.165) is 11.1 Å². The Hall–Kier alpha value is -2.61. The van der Waals surface area contributed by atoms with Crippen LogP contribution in [0.4, 0.5) is 0 Å². The van der Waals surface area contributed by atoms with Gasteiger partial charge in [-0.25, -0.2) is 16.8 Å². The number of amides is 1. The number of nitrogens with one attached hydrogen (secondary N) is 5. The van der Waals surface area contributed by atoms with Gasteiger partial charge in [-0.1, -0.05) is 59.1 Å². The first kappa shape index (κ1) is 28.0. The van der Waals surface area contributed by atoms with Crippen LogP contribution in [0.25, 0.3) is 0 Å². The zero-order valence-electron chi connectivity index (χ0n) is 19.0. The third-order valence-corrected chi connectivity index (χ3v) is 9.25. The van der Waals surface area contributed by atoms with Crippen molar-refractivity contribution in [1.29, 1.82) is 0 Å². The predicted octanol–water partition coefficient (Wildman–Crippen LogP) is 2.76. The van der Waals surface area contributed by atoms with Crippen molar-refractivity contribution in [2.24, 2.45) is 0 Å². The highest BCUT2D eigenvalue weighted by molar-refractivity contribution is 7.90. The SMILES string of the molecule is Cc1ccc(S(=O)(=O)NNP(=O)(NNS(=O)(=O)c2ccc(C)cc2)NC(=O)c2ccccc2Cl)cc1. The van der Waals surface area contributed by atoms with Gasteiger partial charge in [-0.05, 0) is 50.2 Å². The van der Waals surface area contributed by atoms with Crippen molar-refractivity contribution in [3.05, 3.63) is 94.5 Å². The summed E-state index contributed by atoms with van der Waals surface area (Å²) in [4.78, 5) is 16.2. The summed E-state index contributed by atoms with van der Waals surface area (Å²) < 4.78 is 64.2. The van der Waals surface area contributed by atoms with Crippen molar-refractivity contribution in [1.82, 2.24) is 25.1 Å². The normalized spacial score (nSPS) is 12.3. The van der Waals surface area contributed by atoms with E-state index in [-0.39, 0.29) is 20.4 Å². The Morgan fingerprint density at radius 2 is 1.14 bits per heavy atom. The first-order valence-corrected chi connectivity index (χ1v) is 15.3. The largest absolute Gasteiger partial charge is 0.333 e. The Labute approximate surface area is 214 Å². The quantitative estimate of drug-likeness (QED) is 0.183. The Morgan fingerprint density at radius 1 is 0.722 bits per heavy atom. The molecule has 0 bridgehead atoms. The maximum atomic E-state index is 13.5. The molecule has 36 heavy (non-hydrogen) atoms. The molecular formula is C21H23ClN5O6PS2. The van der Waals surface area contributed by atoms with Crippen molar-refractivity contribution in [2.45, 2.75) is 23.6 Å². The van der Waals surface area contributed by atoms with Gasteiger partial charge in [0.15, 0.2) is 0 Å². The van der Waals surface area contributed by atoms with E-state index in [1.807, 2.05) is 20.1 Å². The number of carbonyl (C=O) groups is 1. The average molecular weight is 572 g/mol. The van der Waals surface area contributed by atoms with Crippen LogP contribution < -0.4 is 25.1 Å². The van der Waals surface area contributed by atoms with Crippen molar-refractivity contribution >= 4 is 45.1 Å². The molecule has 0 atom stereocenters. The summed E-state index contributed by atoms with van der Waals surface area (Å²) in [6.45, 7) is 3.54. The minimum absolute atomic E-state index is 0.0297. The van der Waals surface area contributed by atoms with Crippen molar-refractivity contribution in [2.75, 3.05) is 0 Å². The van der Waals surface area contributed by atoms with E-state index < -0.39 is 33.5 Å². The smallest absolute Gasteiger partial charge is 0.277 e. The van der Waals surface area contributed by atoms with Gasteiger partial charge in [0.2, 0.25) is 0 Å². The number of rotatable bonds is 10. The van der Waals surface area contributed by atoms with E-state index >= 15 is 0 Å². The maximum Gasteiger partial charge on any atom is 0.333 e. The van der Waals surface area contributed by atoms with E-state index in [9.17, 15) is 26.2 Å². The van der Waals surface area contributed by atoms with Gasteiger partial charge in [0.05, 0.1) is 20.4 Å². The van der Waals surface area contributed by atoms with Gasteiger partial charge in [0.25, 0.3) is 26.0 Å². The number of sulfonamides is 2. The molecule has 0 aromatic heterocycles. The van der Waals surface area contributed by atoms with Gasteiger partial charge in [-0.15, -0.1) is 9.66 Å². The third kappa shape index (κ3) is 7.21. The number of hydrogen-bond donors (Lipinski definition) is 5. The van der Waals surface area contributed by atoms with Gasteiger partial charge >= 0.3 is 7.59 Å². The second-order valence-corrected chi connectivity index (χ2v) is 13.3. The number of halogens is 1. The van der Waals surface area contributed by atoms with E-state index in [1.54, 1.807) is 44.2 Å². The molecule has 5 N–H and O–H groups in total. The lowest BCUT2D eigenvalue weighted by Crippen LogP contribution is -2.49. The maximum absolute atomic E-state index is 13.5. The number of hydrazine groups is 2. The molecule has 0 unspecified atom stereocenters. The fourth-order valence-corrected chi connectivity index (χ4v) is 6.74. The highest BCUT2D eigenvalue weighted by Gasteiger charge is 2.30. The van der Waals surface area contributed by atoms with Crippen LogP contribution in [0.2, 0.25) is 5.02 Å². The van der Waals surface area contributed by atoms with Crippen LogP contribution in [-0.4, -0.2) is 22.7 Å². The molecule has 1 amide bonds. The third-order valence-electron chi connectivity index (χ3n) is 4.71. The predicted molar refractivity (Wildman–Crippen MR) is 136 cm³/mol. The van der Waals surface area contributed by atoms with E-state index in [1.165, 1.54) is 42.5 Å². The molecule has 11 nitrogen and oxygen atoms in total. The molecule has 0 aliphatic heterocycles. The summed E-state index contributed by atoms with van der Waals surface area (Å²) in [7, 11) is -13.1. The number of benzene rings is 3. The van der Waals surface area contributed by atoms with Crippen molar-refractivity contribution in [3.8, 4) is 0 Å². The molecule has 0 saturated carbocycles. The van der Waals surface area contributed by atoms with E-state index in [2.05, 4.69) is 5.09 Å². The standard InChI is InChI=1S/C21H23ClN5O6PS2/c1-15-7-11-17(12-8-15)35(30,31)26-24-34(29,23-21(28)19-5-3-4-6-20(19)22)25-27-36(32,33)18-13-9-16(2)10-14-18/h3-14,26-27H,1-2H3,(H3,23,24,25,28,29). The lowest BCUT2D eigenvalue weighted by molar-refractivity contribution is 0.0979. The molecule has 0 aliphatic carbocycles. The van der Waals surface area contributed by atoms with Gasteiger partial charge < -0.3 is 0 Å². The van der Waals surface area contributed by atoms with Gasteiger partial charge in [-0.3, -0.25) is 14.4 Å². The molecule has 3 aromatic carbocycles. The average Bonchev–Trinajstić information content (AvgIpc) is 2.83. The van der Waals surface area contributed by atoms with Crippen molar-refractivity contribution in [3.63, 3.8) is 0 Å². The minimum Gasteiger partial charge on any atom is -0.277 e. The summed E-state index contributed by atoms with van der Waals surface area (Å²) in [6.07, 6.45) is 0. The Morgan fingerprint density at radius 3 is 1.56 bits per heavy atom. The zero-order chi connectivity index (χ0) is 26.6. The highest BCUT2D eigenvalue weighted by Crippen LogP contribution is 2.31. The van der Waals surface area contributed by atoms with Gasteiger partial charge in [0.1, 0.15) is 0 Å². The zero-order valence-corrected chi connectivity index (χ0v) is 22.3. The fraction of sp³-hybridized carbons (Fsp3) is 0.0952. The van der Waals surface area contributed by atoms with Gasteiger partial charge in [-0.2, -0.15) is 10.4 Å². The van der Waals surface area contributed by atoms with Crippen LogP contribution in [0.3, 0.4) is 0 Å². The lowest BCUT2D eigenvalue weighted by atomic mass is 10.2. The van der Waals surface area contributed by atoms with Crippen LogP contribution in [-0.2, 0) is 24.6 Å².